The zero-order chi connectivity index (χ0) is 18.9. The fourth-order valence-corrected chi connectivity index (χ4v) is 2.60. The first-order chi connectivity index (χ1) is 12.6. The van der Waals surface area contributed by atoms with Gasteiger partial charge in [0.05, 0.1) is 11.7 Å². The molecule has 8 nitrogen and oxygen atoms in total. The number of para-hydroxylation sites is 1. The molecule has 0 aliphatic rings. The molecule has 138 valence electrons. The van der Waals surface area contributed by atoms with Crippen molar-refractivity contribution < 1.29 is 9.90 Å². The Bertz CT molecular complexity index is 847. The van der Waals surface area contributed by atoms with Crippen molar-refractivity contribution in [2.45, 2.75) is 19.9 Å². The van der Waals surface area contributed by atoms with E-state index in [2.05, 4.69) is 32.5 Å². The van der Waals surface area contributed by atoms with Gasteiger partial charge in [-0.25, -0.2) is 4.98 Å². The molecule has 8 heteroatoms. The number of nitrogens with zero attached hydrogens (tertiary/aromatic N) is 5. The van der Waals surface area contributed by atoms with E-state index in [1.54, 1.807) is 0 Å². The van der Waals surface area contributed by atoms with Crippen molar-refractivity contribution in [3.63, 3.8) is 0 Å². The number of carboxylic acid groups (broad SMARTS) is 1. The number of anilines is 2. The van der Waals surface area contributed by atoms with E-state index in [-0.39, 0.29) is 6.47 Å². The molecule has 0 bridgehead atoms. The lowest BCUT2D eigenvalue weighted by molar-refractivity contribution is -0.122. The van der Waals surface area contributed by atoms with Crippen molar-refractivity contribution in [1.82, 2.24) is 19.7 Å². The molecular formula is C18H24N6O2. The highest BCUT2D eigenvalue weighted by atomic mass is 16.3. The molecule has 2 N–H and O–H groups in total. The van der Waals surface area contributed by atoms with Gasteiger partial charge in [-0.3, -0.25) is 9.48 Å². The average Bonchev–Trinajstić information content (AvgIpc) is 3.04. The summed E-state index contributed by atoms with van der Waals surface area (Å²) in [5, 5.41) is 15.8. The van der Waals surface area contributed by atoms with Crippen molar-refractivity contribution in [2.24, 2.45) is 0 Å². The van der Waals surface area contributed by atoms with Crippen molar-refractivity contribution in [3.8, 4) is 0 Å². The summed E-state index contributed by atoms with van der Waals surface area (Å²) >= 11 is 0. The van der Waals surface area contributed by atoms with Crippen LogP contribution in [0.3, 0.4) is 0 Å². The van der Waals surface area contributed by atoms with E-state index >= 15 is 0 Å². The lowest BCUT2D eigenvalue weighted by Gasteiger charge is -2.15. The van der Waals surface area contributed by atoms with Crippen LogP contribution in [0.4, 0.5) is 11.8 Å². The molecule has 0 radical (unpaired) electrons. The molecule has 3 aromatic rings. The van der Waals surface area contributed by atoms with E-state index in [1.165, 1.54) is 10.9 Å². The first-order valence-electron chi connectivity index (χ1n) is 8.30. The Balaban J connectivity index is 0.000000758. The number of carbonyl (C=O) groups is 1. The van der Waals surface area contributed by atoms with Gasteiger partial charge >= 0.3 is 0 Å². The molecule has 0 atom stereocenters. The van der Waals surface area contributed by atoms with Crippen LogP contribution in [0.1, 0.15) is 12.0 Å². The molecule has 3 rings (SSSR count). The summed E-state index contributed by atoms with van der Waals surface area (Å²) in [6.07, 6.45) is 4.72. The lowest BCUT2D eigenvalue weighted by Crippen LogP contribution is -2.15. The molecule has 0 fully saturated rings. The number of nitrogens with one attached hydrogen (secondary N) is 1. The fraction of sp³-hybridized carbons (Fsp3) is 0.333. The number of hydrogen-bond donors (Lipinski definition) is 2. The molecule has 0 aliphatic heterocycles. The molecular weight excluding hydrogens is 332 g/mol. The summed E-state index contributed by atoms with van der Waals surface area (Å²) in [4.78, 5) is 19.2. The summed E-state index contributed by atoms with van der Waals surface area (Å²) in [6, 6.07) is 8.26. The normalized spacial score (nSPS) is 10.1. The van der Waals surface area contributed by atoms with Gasteiger partial charge in [0.25, 0.3) is 6.47 Å². The molecule has 0 spiro atoms. The highest BCUT2D eigenvalue weighted by Crippen LogP contribution is 2.15. The largest absolute Gasteiger partial charge is 0.483 e. The second-order valence-electron chi connectivity index (χ2n) is 5.91. The summed E-state index contributed by atoms with van der Waals surface area (Å²) in [7, 11) is 3.98. The van der Waals surface area contributed by atoms with Crippen LogP contribution in [-0.2, 0) is 11.3 Å². The van der Waals surface area contributed by atoms with Crippen molar-refractivity contribution in [2.75, 3.05) is 30.9 Å². The predicted molar refractivity (Wildman–Crippen MR) is 103 cm³/mol. The number of aryl methyl sites for hydroxylation is 2. The van der Waals surface area contributed by atoms with Crippen LogP contribution in [0.5, 0.6) is 0 Å². The minimum atomic E-state index is -0.250. The minimum absolute atomic E-state index is 0.250. The summed E-state index contributed by atoms with van der Waals surface area (Å²) in [5.41, 5.74) is 2.25. The minimum Gasteiger partial charge on any atom is -0.483 e. The topological polar surface area (TPSA) is 96.2 Å². The Labute approximate surface area is 152 Å². The van der Waals surface area contributed by atoms with Crippen LogP contribution in [-0.4, -0.2) is 52.0 Å². The second-order valence-corrected chi connectivity index (χ2v) is 5.91. The predicted octanol–water partition coefficient (Wildman–Crippen LogP) is 2.40. The third-order valence-corrected chi connectivity index (χ3v) is 3.75. The van der Waals surface area contributed by atoms with Gasteiger partial charge in [-0.05, 0) is 19.4 Å². The van der Waals surface area contributed by atoms with Crippen LogP contribution >= 0.6 is 0 Å². The van der Waals surface area contributed by atoms with Gasteiger partial charge in [0.2, 0.25) is 5.95 Å². The first-order valence-corrected chi connectivity index (χ1v) is 8.30. The smallest absolute Gasteiger partial charge is 0.290 e. The van der Waals surface area contributed by atoms with Gasteiger partial charge in [0, 0.05) is 44.3 Å². The van der Waals surface area contributed by atoms with Crippen molar-refractivity contribution in [3.05, 3.63) is 42.2 Å². The van der Waals surface area contributed by atoms with E-state index in [0.29, 0.717) is 5.95 Å². The van der Waals surface area contributed by atoms with Crippen LogP contribution in [0.25, 0.3) is 10.9 Å². The van der Waals surface area contributed by atoms with E-state index in [1.807, 2.05) is 55.1 Å². The standard InChI is InChI=1S/C17H22N6.CH2O2/c1-13-11-19-17(21-16(13)22(2)3)18-9-6-10-23-15-8-5-4-7-14(15)12-20-23;2-1-3/h4-5,7-8,11-12H,6,9-10H2,1-3H3,(H,18,19,21);1H,(H,2,3). The van der Waals surface area contributed by atoms with E-state index in [0.717, 1.165) is 30.9 Å². The maximum atomic E-state index is 8.36. The van der Waals surface area contributed by atoms with Crippen molar-refractivity contribution >= 4 is 29.1 Å². The molecule has 2 heterocycles. The van der Waals surface area contributed by atoms with Crippen LogP contribution < -0.4 is 10.2 Å². The average molecular weight is 356 g/mol. The van der Waals surface area contributed by atoms with E-state index in [4.69, 9.17) is 9.90 Å². The third-order valence-electron chi connectivity index (χ3n) is 3.75. The van der Waals surface area contributed by atoms with E-state index in [9.17, 15) is 0 Å². The molecule has 0 saturated carbocycles. The summed E-state index contributed by atoms with van der Waals surface area (Å²) in [5.74, 6) is 1.62. The summed E-state index contributed by atoms with van der Waals surface area (Å²) in [6.45, 7) is 3.44. The Morgan fingerprint density at radius 1 is 1.27 bits per heavy atom. The van der Waals surface area contributed by atoms with Gasteiger partial charge in [-0.1, -0.05) is 18.2 Å². The maximum Gasteiger partial charge on any atom is 0.290 e. The number of rotatable bonds is 6. The van der Waals surface area contributed by atoms with Gasteiger partial charge in [0.1, 0.15) is 5.82 Å². The van der Waals surface area contributed by atoms with E-state index < -0.39 is 0 Å². The number of hydrogen-bond acceptors (Lipinski definition) is 6. The van der Waals surface area contributed by atoms with Gasteiger partial charge < -0.3 is 15.3 Å². The SMILES string of the molecule is Cc1cnc(NCCCn2ncc3ccccc32)nc1N(C)C.O=CO. The second kappa shape index (κ2) is 9.36. The molecule has 2 aromatic heterocycles. The molecule has 0 amide bonds. The van der Waals surface area contributed by atoms with Crippen molar-refractivity contribution in [1.29, 1.82) is 0 Å². The quantitative estimate of drug-likeness (QED) is 0.517. The zero-order valence-corrected chi connectivity index (χ0v) is 15.3. The Hall–Kier alpha value is -3.16. The van der Waals surface area contributed by atoms with Crippen LogP contribution in [0.15, 0.2) is 36.7 Å². The monoisotopic (exact) mass is 356 g/mol. The Morgan fingerprint density at radius 3 is 2.73 bits per heavy atom. The van der Waals surface area contributed by atoms with Gasteiger partial charge in [-0.2, -0.15) is 10.1 Å². The molecule has 0 aliphatic carbocycles. The number of benzene rings is 1. The highest BCUT2D eigenvalue weighted by Gasteiger charge is 2.05. The lowest BCUT2D eigenvalue weighted by atomic mass is 10.2. The molecule has 26 heavy (non-hydrogen) atoms. The molecule has 1 aromatic carbocycles. The highest BCUT2D eigenvalue weighted by molar-refractivity contribution is 5.78. The molecule has 0 saturated heterocycles. The summed E-state index contributed by atoms with van der Waals surface area (Å²) < 4.78 is 2.04. The van der Waals surface area contributed by atoms with Crippen LogP contribution in [0, 0.1) is 6.92 Å². The molecule has 0 unspecified atom stereocenters. The number of aromatic nitrogens is 4. The zero-order valence-electron chi connectivity index (χ0n) is 15.3. The fourth-order valence-electron chi connectivity index (χ4n) is 2.60. The van der Waals surface area contributed by atoms with Gasteiger partial charge in [-0.15, -0.1) is 0 Å². The van der Waals surface area contributed by atoms with Gasteiger partial charge in [0.15, 0.2) is 0 Å². The Kier molecular flexibility index (Phi) is 6.90. The Morgan fingerprint density at radius 2 is 2.00 bits per heavy atom. The first kappa shape index (κ1) is 19.2. The number of fused-ring (bicyclic) bond motifs is 1. The third kappa shape index (κ3) is 4.92. The van der Waals surface area contributed by atoms with Crippen LogP contribution in [0.2, 0.25) is 0 Å². The maximum absolute atomic E-state index is 8.36.